The zero-order valence-electron chi connectivity index (χ0n) is 11.5. The van der Waals surface area contributed by atoms with Gasteiger partial charge in [-0.15, -0.1) is 10.2 Å². The van der Waals surface area contributed by atoms with Gasteiger partial charge in [0, 0.05) is 31.9 Å². The molecule has 3 rings (SSSR count). The van der Waals surface area contributed by atoms with Crippen molar-refractivity contribution in [1.82, 2.24) is 10.2 Å². The molecule has 1 aliphatic heterocycles. The van der Waals surface area contributed by atoms with Crippen LogP contribution < -0.4 is 9.80 Å². The number of hydrogen-bond donors (Lipinski definition) is 0. The highest BCUT2D eigenvalue weighted by Gasteiger charge is 2.18. The molecule has 5 heteroatoms. The normalized spacial score (nSPS) is 15.5. The first kappa shape index (κ1) is 13.6. The third-order valence-electron chi connectivity index (χ3n) is 3.59. The summed E-state index contributed by atoms with van der Waals surface area (Å²) < 4.78 is 0.935. The molecule has 2 aromatic rings. The van der Waals surface area contributed by atoms with E-state index in [0.29, 0.717) is 0 Å². The molecule has 20 heavy (non-hydrogen) atoms. The number of aromatic nitrogens is 2. The molecule has 1 fully saturated rings. The standard InChI is InChI=1S/C15H17IN4/c1-12-3-2-4-13(11-12)19-7-9-20(10-8-19)15-6-5-14(16)17-18-15/h2-6,11H,7-10H2,1H3. The maximum absolute atomic E-state index is 4.26. The monoisotopic (exact) mass is 380 g/mol. The molecular weight excluding hydrogens is 363 g/mol. The molecule has 0 spiro atoms. The first-order chi connectivity index (χ1) is 9.72. The molecule has 1 aliphatic rings. The van der Waals surface area contributed by atoms with Crippen LogP contribution in [0.5, 0.6) is 0 Å². The number of piperazine rings is 1. The molecule has 1 aromatic carbocycles. The number of halogens is 1. The predicted molar refractivity (Wildman–Crippen MR) is 90.4 cm³/mol. The molecule has 0 N–H and O–H groups in total. The van der Waals surface area contributed by atoms with E-state index in [0.717, 1.165) is 35.7 Å². The molecule has 0 unspecified atom stereocenters. The van der Waals surface area contributed by atoms with Crippen LogP contribution in [0, 0.1) is 10.6 Å². The number of anilines is 2. The van der Waals surface area contributed by atoms with Crippen LogP contribution in [0.1, 0.15) is 5.56 Å². The first-order valence-electron chi connectivity index (χ1n) is 6.78. The lowest BCUT2D eigenvalue weighted by molar-refractivity contribution is 0.643. The average molecular weight is 380 g/mol. The van der Waals surface area contributed by atoms with Gasteiger partial charge in [0.2, 0.25) is 0 Å². The molecule has 0 saturated carbocycles. The van der Waals surface area contributed by atoms with Crippen LogP contribution in [-0.2, 0) is 0 Å². The van der Waals surface area contributed by atoms with Crippen molar-refractivity contribution in [3.63, 3.8) is 0 Å². The second-order valence-electron chi connectivity index (χ2n) is 5.03. The minimum atomic E-state index is 0.935. The van der Waals surface area contributed by atoms with Crippen molar-refractivity contribution < 1.29 is 0 Å². The third kappa shape index (κ3) is 3.03. The van der Waals surface area contributed by atoms with Crippen LogP contribution in [0.15, 0.2) is 36.4 Å². The van der Waals surface area contributed by atoms with Gasteiger partial charge in [0.05, 0.1) is 0 Å². The SMILES string of the molecule is Cc1cccc(N2CCN(c3ccc(I)nn3)CC2)c1. The van der Waals surface area contributed by atoms with E-state index >= 15 is 0 Å². The summed E-state index contributed by atoms with van der Waals surface area (Å²) in [6.07, 6.45) is 0. The van der Waals surface area contributed by atoms with Gasteiger partial charge >= 0.3 is 0 Å². The predicted octanol–water partition coefficient (Wildman–Crippen LogP) is 2.72. The van der Waals surface area contributed by atoms with Crippen LogP contribution in [0.2, 0.25) is 0 Å². The molecule has 4 nitrogen and oxygen atoms in total. The van der Waals surface area contributed by atoms with E-state index in [1.54, 1.807) is 0 Å². The van der Waals surface area contributed by atoms with Crippen molar-refractivity contribution in [2.24, 2.45) is 0 Å². The molecule has 0 amide bonds. The fourth-order valence-corrected chi connectivity index (χ4v) is 2.78. The molecule has 104 valence electrons. The zero-order chi connectivity index (χ0) is 13.9. The fourth-order valence-electron chi connectivity index (χ4n) is 2.50. The summed E-state index contributed by atoms with van der Waals surface area (Å²) in [6, 6.07) is 12.8. The summed E-state index contributed by atoms with van der Waals surface area (Å²) in [5.41, 5.74) is 2.63. The van der Waals surface area contributed by atoms with Crippen LogP contribution >= 0.6 is 22.6 Å². The van der Waals surface area contributed by atoms with Gasteiger partial charge in [0.1, 0.15) is 3.70 Å². The number of hydrogen-bond acceptors (Lipinski definition) is 4. The Balaban J connectivity index is 1.66. The van der Waals surface area contributed by atoms with Gasteiger partial charge in [0.15, 0.2) is 5.82 Å². The van der Waals surface area contributed by atoms with E-state index in [-0.39, 0.29) is 0 Å². The Kier molecular flexibility index (Phi) is 4.05. The Labute approximate surface area is 132 Å². The van der Waals surface area contributed by atoms with E-state index in [9.17, 15) is 0 Å². The van der Waals surface area contributed by atoms with E-state index in [4.69, 9.17) is 0 Å². The lowest BCUT2D eigenvalue weighted by Crippen LogP contribution is -2.46. The summed E-state index contributed by atoms with van der Waals surface area (Å²) in [4.78, 5) is 4.74. The molecule has 1 saturated heterocycles. The summed E-state index contributed by atoms with van der Waals surface area (Å²) in [7, 11) is 0. The Morgan fingerprint density at radius 1 is 0.950 bits per heavy atom. The molecular formula is C15H17IN4. The highest BCUT2D eigenvalue weighted by molar-refractivity contribution is 14.1. The van der Waals surface area contributed by atoms with Gasteiger partial charge in [-0.25, -0.2) is 0 Å². The Bertz CT molecular complexity index is 577. The van der Waals surface area contributed by atoms with Crippen molar-refractivity contribution in [2.75, 3.05) is 36.0 Å². The summed E-state index contributed by atoms with van der Waals surface area (Å²) in [5, 5.41) is 8.39. The summed E-state index contributed by atoms with van der Waals surface area (Å²) in [5.74, 6) is 0.981. The van der Waals surface area contributed by atoms with Crippen molar-refractivity contribution in [2.45, 2.75) is 6.92 Å². The lowest BCUT2D eigenvalue weighted by Gasteiger charge is -2.36. The van der Waals surface area contributed by atoms with E-state index in [1.807, 2.05) is 6.07 Å². The number of benzene rings is 1. The third-order valence-corrected chi connectivity index (χ3v) is 4.16. The Morgan fingerprint density at radius 2 is 1.70 bits per heavy atom. The largest absolute Gasteiger partial charge is 0.368 e. The maximum Gasteiger partial charge on any atom is 0.151 e. The van der Waals surface area contributed by atoms with Crippen molar-refractivity contribution in [3.05, 3.63) is 45.7 Å². The van der Waals surface area contributed by atoms with Gasteiger partial charge in [-0.3, -0.25) is 0 Å². The zero-order valence-corrected chi connectivity index (χ0v) is 13.6. The summed E-state index contributed by atoms with van der Waals surface area (Å²) >= 11 is 2.18. The highest BCUT2D eigenvalue weighted by atomic mass is 127. The van der Waals surface area contributed by atoms with Crippen molar-refractivity contribution in [3.8, 4) is 0 Å². The summed E-state index contributed by atoms with van der Waals surface area (Å²) in [6.45, 7) is 6.17. The molecule has 0 radical (unpaired) electrons. The second kappa shape index (κ2) is 5.95. The highest BCUT2D eigenvalue weighted by Crippen LogP contribution is 2.20. The minimum absolute atomic E-state index is 0.935. The smallest absolute Gasteiger partial charge is 0.151 e. The van der Waals surface area contributed by atoms with Crippen molar-refractivity contribution >= 4 is 34.1 Å². The number of nitrogens with zero attached hydrogens (tertiary/aromatic N) is 4. The van der Waals surface area contributed by atoms with Crippen LogP contribution in [0.4, 0.5) is 11.5 Å². The van der Waals surface area contributed by atoms with Gasteiger partial charge in [-0.1, -0.05) is 12.1 Å². The maximum atomic E-state index is 4.26. The molecule has 1 aromatic heterocycles. The molecule has 2 heterocycles. The quantitative estimate of drug-likeness (QED) is 0.751. The van der Waals surface area contributed by atoms with Gasteiger partial charge in [0.25, 0.3) is 0 Å². The Morgan fingerprint density at radius 3 is 2.35 bits per heavy atom. The van der Waals surface area contributed by atoms with Gasteiger partial charge in [-0.05, 0) is 59.3 Å². The number of aryl methyl sites for hydroxylation is 1. The first-order valence-corrected chi connectivity index (χ1v) is 7.86. The van der Waals surface area contributed by atoms with E-state index in [2.05, 4.69) is 79.8 Å². The number of rotatable bonds is 2. The molecule has 0 aliphatic carbocycles. The van der Waals surface area contributed by atoms with E-state index < -0.39 is 0 Å². The van der Waals surface area contributed by atoms with Crippen LogP contribution in [0.3, 0.4) is 0 Å². The molecule has 0 bridgehead atoms. The second-order valence-corrected chi connectivity index (χ2v) is 6.13. The van der Waals surface area contributed by atoms with Crippen LogP contribution in [-0.4, -0.2) is 36.4 Å². The Hall–Kier alpha value is -1.37. The fraction of sp³-hybridized carbons (Fsp3) is 0.333. The van der Waals surface area contributed by atoms with Crippen LogP contribution in [0.25, 0.3) is 0 Å². The van der Waals surface area contributed by atoms with E-state index in [1.165, 1.54) is 11.3 Å². The van der Waals surface area contributed by atoms with Gasteiger partial charge in [-0.2, -0.15) is 0 Å². The topological polar surface area (TPSA) is 32.3 Å². The van der Waals surface area contributed by atoms with Crippen molar-refractivity contribution in [1.29, 1.82) is 0 Å². The molecule has 0 atom stereocenters. The minimum Gasteiger partial charge on any atom is -0.368 e. The lowest BCUT2D eigenvalue weighted by atomic mass is 10.2. The average Bonchev–Trinajstić information content (AvgIpc) is 2.48. The van der Waals surface area contributed by atoms with Gasteiger partial charge < -0.3 is 9.80 Å².